The maximum Gasteiger partial charge on any atom is 0.257 e. The standard InChI is InChI=1S/C30H34N4OS/c1-33(29(35)30(32-17-22-36-30)27-13-8-16-31-23-27)20-21-34-18-14-26(15-19-34)28(24-9-4-2-5-10-24)25-11-6-3-7-12-25/h2-13,16,23,32H,14-15,17-22H2,1H3/t30-/m1/s1. The molecule has 3 aromatic rings. The number of thioether (sulfide) groups is 1. The van der Waals surface area contributed by atoms with E-state index < -0.39 is 4.87 Å². The maximum absolute atomic E-state index is 13.6. The Balaban J connectivity index is 1.24. The van der Waals surface area contributed by atoms with E-state index in [1.807, 2.05) is 30.3 Å². The number of aromatic nitrogens is 1. The van der Waals surface area contributed by atoms with E-state index in [-0.39, 0.29) is 5.91 Å². The minimum absolute atomic E-state index is 0.117. The Hall–Kier alpha value is -2.93. The molecule has 1 N–H and O–H groups in total. The van der Waals surface area contributed by atoms with Gasteiger partial charge in [-0.25, -0.2) is 0 Å². The Morgan fingerprint density at radius 1 is 1.00 bits per heavy atom. The van der Waals surface area contributed by atoms with E-state index in [0.29, 0.717) is 6.54 Å². The quantitative estimate of drug-likeness (QED) is 0.515. The van der Waals surface area contributed by atoms with E-state index in [9.17, 15) is 4.79 Å². The van der Waals surface area contributed by atoms with Crippen LogP contribution in [-0.4, -0.2) is 66.2 Å². The molecule has 0 radical (unpaired) electrons. The first-order valence-electron chi connectivity index (χ1n) is 12.8. The highest BCUT2D eigenvalue weighted by Crippen LogP contribution is 2.39. The van der Waals surface area contributed by atoms with Crippen LogP contribution in [0.3, 0.4) is 0 Å². The van der Waals surface area contributed by atoms with Gasteiger partial charge in [-0.3, -0.25) is 15.1 Å². The molecule has 2 saturated heterocycles. The van der Waals surface area contributed by atoms with Gasteiger partial charge in [0.25, 0.3) is 5.91 Å². The molecule has 5 rings (SSSR count). The van der Waals surface area contributed by atoms with Crippen molar-refractivity contribution in [3.8, 4) is 0 Å². The van der Waals surface area contributed by atoms with E-state index in [1.54, 1.807) is 18.0 Å². The second kappa shape index (κ2) is 11.4. The van der Waals surface area contributed by atoms with Gasteiger partial charge in [-0.2, -0.15) is 0 Å². The van der Waals surface area contributed by atoms with Gasteiger partial charge >= 0.3 is 0 Å². The van der Waals surface area contributed by atoms with Crippen molar-refractivity contribution in [3.63, 3.8) is 0 Å². The summed E-state index contributed by atoms with van der Waals surface area (Å²) in [7, 11) is 1.93. The first-order chi connectivity index (χ1) is 17.7. The molecule has 0 aliphatic carbocycles. The van der Waals surface area contributed by atoms with Gasteiger partial charge in [-0.15, -0.1) is 11.8 Å². The number of amides is 1. The minimum Gasteiger partial charge on any atom is -0.342 e. The molecule has 1 amide bonds. The largest absolute Gasteiger partial charge is 0.342 e. The summed E-state index contributed by atoms with van der Waals surface area (Å²) in [6, 6.07) is 25.4. The molecular formula is C30H34N4OS. The summed E-state index contributed by atoms with van der Waals surface area (Å²) in [5.74, 6) is 1.03. The molecule has 1 aromatic heterocycles. The summed E-state index contributed by atoms with van der Waals surface area (Å²) >= 11 is 1.68. The molecular weight excluding hydrogens is 464 g/mol. The number of pyridine rings is 1. The number of nitrogens with zero attached hydrogens (tertiary/aromatic N) is 3. The van der Waals surface area contributed by atoms with E-state index in [4.69, 9.17) is 0 Å². The van der Waals surface area contributed by atoms with Gasteiger partial charge in [0.05, 0.1) is 0 Å². The van der Waals surface area contributed by atoms with Crippen molar-refractivity contribution in [2.45, 2.75) is 17.7 Å². The number of likely N-dealkylation sites (tertiary alicyclic amines) is 1. The Labute approximate surface area is 218 Å². The van der Waals surface area contributed by atoms with Crippen molar-refractivity contribution in [1.29, 1.82) is 0 Å². The molecule has 2 aliphatic heterocycles. The fraction of sp³-hybridized carbons (Fsp3) is 0.333. The van der Waals surface area contributed by atoms with Gasteiger partial charge in [0.15, 0.2) is 4.87 Å². The smallest absolute Gasteiger partial charge is 0.257 e. The molecule has 2 fully saturated rings. The number of benzene rings is 2. The Bertz CT molecular complexity index is 1130. The molecule has 5 nitrogen and oxygen atoms in total. The molecule has 0 saturated carbocycles. The average Bonchev–Trinajstić information content (AvgIpc) is 3.45. The highest BCUT2D eigenvalue weighted by Gasteiger charge is 2.45. The predicted octanol–water partition coefficient (Wildman–Crippen LogP) is 4.63. The molecule has 0 bridgehead atoms. The topological polar surface area (TPSA) is 48.5 Å². The van der Waals surface area contributed by atoms with E-state index in [1.165, 1.54) is 22.3 Å². The zero-order chi connectivity index (χ0) is 24.8. The summed E-state index contributed by atoms with van der Waals surface area (Å²) < 4.78 is 0. The van der Waals surface area contributed by atoms with Crippen molar-refractivity contribution in [2.75, 3.05) is 45.5 Å². The Kier molecular flexibility index (Phi) is 7.85. The maximum atomic E-state index is 13.6. The number of hydrogen-bond acceptors (Lipinski definition) is 5. The van der Waals surface area contributed by atoms with Crippen molar-refractivity contribution >= 4 is 23.2 Å². The van der Waals surface area contributed by atoms with E-state index in [0.717, 1.165) is 50.3 Å². The van der Waals surface area contributed by atoms with Gasteiger partial charge in [-0.05, 0) is 35.6 Å². The van der Waals surface area contributed by atoms with Crippen molar-refractivity contribution in [1.82, 2.24) is 20.1 Å². The lowest BCUT2D eigenvalue weighted by atomic mass is 9.88. The van der Waals surface area contributed by atoms with E-state index in [2.05, 4.69) is 75.9 Å². The monoisotopic (exact) mass is 498 g/mol. The Morgan fingerprint density at radius 3 is 2.22 bits per heavy atom. The first kappa shape index (κ1) is 24.8. The van der Waals surface area contributed by atoms with Crippen molar-refractivity contribution < 1.29 is 4.79 Å². The molecule has 2 aliphatic rings. The number of piperidine rings is 1. The molecule has 0 spiro atoms. The second-order valence-electron chi connectivity index (χ2n) is 9.48. The lowest BCUT2D eigenvalue weighted by Gasteiger charge is -2.34. The summed E-state index contributed by atoms with van der Waals surface area (Å²) in [6.07, 6.45) is 5.67. The van der Waals surface area contributed by atoms with Gasteiger partial charge in [0, 0.05) is 63.5 Å². The molecule has 6 heteroatoms. The third kappa shape index (κ3) is 5.26. The predicted molar refractivity (Wildman–Crippen MR) is 149 cm³/mol. The minimum atomic E-state index is -0.721. The number of nitrogens with one attached hydrogen (secondary N) is 1. The zero-order valence-corrected chi connectivity index (χ0v) is 21.7. The molecule has 0 unspecified atom stereocenters. The molecule has 1 atom stereocenters. The molecule has 36 heavy (non-hydrogen) atoms. The van der Waals surface area contributed by atoms with Crippen LogP contribution in [0.4, 0.5) is 0 Å². The van der Waals surface area contributed by atoms with Crippen molar-refractivity contribution in [2.24, 2.45) is 0 Å². The third-order valence-electron chi connectivity index (χ3n) is 7.20. The van der Waals surface area contributed by atoms with Crippen LogP contribution in [0.15, 0.2) is 90.8 Å². The highest BCUT2D eigenvalue weighted by molar-refractivity contribution is 8.01. The van der Waals surface area contributed by atoms with Crippen LogP contribution in [0.5, 0.6) is 0 Å². The Morgan fingerprint density at radius 2 is 1.67 bits per heavy atom. The third-order valence-corrected chi connectivity index (χ3v) is 8.60. The van der Waals surface area contributed by atoms with Crippen LogP contribution in [0.2, 0.25) is 0 Å². The fourth-order valence-corrected chi connectivity index (χ4v) is 6.52. The number of hydrogen-bond donors (Lipinski definition) is 1. The SMILES string of the molecule is CN(CCN1CCC(=C(c2ccccc2)c2ccccc2)CC1)C(=O)[C@]1(c2cccnc2)NCCS1. The van der Waals surface area contributed by atoms with Crippen LogP contribution >= 0.6 is 11.8 Å². The van der Waals surface area contributed by atoms with Crippen LogP contribution in [0, 0.1) is 0 Å². The van der Waals surface area contributed by atoms with Crippen LogP contribution < -0.4 is 5.32 Å². The average molecular weight is 499 g/mol. The molecule has 2 aromatic carbocycles. The van der Waals surface area contributed by atoms with E-state index >= 15 is 0 Å². The summed E-state index contributed by atoms with van der Waals surface area (Å²) in [5, 5.41) is 3.47. The normalized spacial score (nSPS) is 20.3. The summed E-state index contributed by atoms with van der Waals surface area (Å²) in [5.41, 5.74) is 6.42. The first-order valence-corrected chi connectivity index (χ1v) is 13.8. The second-order valence-corrected chi connectivity index (χ2v) is 10.8. The lowest BCUT2D eigenvalue weighted by molar-refractivity contribution is -0.133. The highest BCUT2D eigenvalue weighted by atomic mass is 32.2. The number of carbonyl (C=O) groups is 1. The van der Waals surface area contributed by atoms with Crippen LogP contribution in [0.25, 0.3) is 5.57 Å². The summed E-state index contributed by atoms with van der Waals surface area (Å²) in [6.45, 7) is 4.45. The number of rotatable bonds is 7. The van der Waals surface area contributed by atoms with Crippen molar-refractivity contribution in [3.05, 3.63) is 107 Å². The van der Waals surface area contributed by atoms with Gasteiger partial charge < -0.3 is 9.80 Å². The van der Waals surface area contributed by atoms with Gasteiger partial charge in [0.2, 0.25) is 0 Å². The fourth-order valence-electron chi connectivity index (χ4n) is 5.24. The van der Waals surface area contributed by atoms with Gasteiger partial charge in [0.1, 0.15) is 0 Å². The molecule has 186 valence electrons. The number of carbonyl (C=O) groups excluding carboxylic acids is 1. The summed E-state index contributed by atoms with van der Waals surface area (Å²) in [4.78, 5) is 21.5. The number of likely N-dealkylation sites (N-methyl/N-ethyl adjacent to an activating group) is 1. The van der Waals surface area contributed by atoms with Gasteiger partial charge in [-0.1, -0.05) is 72.3 Å². The van der Waals surface area contributed by atoms with Crippen LogP contribution in [-0.2, 0) is 9.67 Å². The zero-order valence-electron chi connectivity index (χ0n) is 20.9. The lowest BCUT2D eigenvalue weighted by Crippen LogP contribution is -2.51. The van der Waals surface area contributed by atoms with Crippen LogP contribution in [0.1, 0.15) is 29.5 Å². The molecule has 3 heterocycles.